The van der Waals surface area contributed by atoms with Crippen LogP contribution >= 0.6 is 11.3 Å². The maximum atomic E-state index is 11.4. The summed E-state index contributed by atoms with van der Waals surface area (Å²) in [5, 5.41) is 20.6. The monoisotopic (exact) mass is 321 g/mol. The summed E-state index contributed by atoms with van der Waals surface area (Å²) in [5.74, 6) is 0. The highest BCUT2D eigenvalue weighted by atomic mass is 32.1. The van der Waals surface area contributed by atoms with Gasteiger partial charge in [-0.15, -0.1) is 0 Å². The van der Waals surface area contributed by atoms with Gasteiger partial charge in [0, 0.05) is 18.3 Å². The molecule has 1 aromatic heterocycles. The van der Waals surface area contributed by atoms with E-state index in [1.807, 2.05) is 16.8 Å². The summed E-state index contributed by atoms with van der Waals surface area (Å²) >= 11 is 1.59. The molecule has 0 aliphatic rings. The molecule has 0 spiro atoms. The lowest BCUT2D eigenvalue weighted by Crippen LogP contribution is -2.14. The van der Waals surface area contributed by atoms with Crippen molar-refractivity contribution < 1.29 is 14.5 Å². The standard InChI is InChI=1S/C14H15N3O4S/c1-2-21-14(18)16-12-4-3-11(7-13(12)17(19)20)15-8-10-5-6-22-9-10/h3-7,9,15H,2,8H2,1H3,(H,16,18). The van der Waals surface area contributed by atoms with Gasteiger partial charge in [-0.3, -0.25) is 15.4 Å². The number of carbonyl (C=O) groups excluding carboxylic acids is 1. The maximum absolute atomic E-state index is 11.4. The summed E-state index contributed by atoms with van der Waals surface area (Å²) in [5.41, 5.74) is 1.61. The first-order chi connectivity index (χ1) is 10.6. The Balaban J connectivity index is 2.12. The first-order valence-electron chi connectivity index (χ1n) is 6.57. The number of amides is 1. The van der Waals surface area contributed by atoms with Gasteiger partial charge in [-0.25, -0.2) is 4.79 Å². The number of hydrogen-bond donors (Lipinski definition) is 2. The summed E-state index contributed by atoms with van der Waals surface area (Å²) in [7, 11) is 0. The molecule has 0 aliphatic heterocycles. The second-order valence-corrected chi connectivity index (χ2v) is 5.10. The lowest BCUT2D eigenvalue weighted by atomic mass is 10.2. The molecular formula is C14H15N3O4S. The van der Waals surface area contributed by atoms with Crippen molar-refractivity contribution in [1.82, 2.24) is 0 Å². The van der Waals surface area contributed by atoms with Crippen LogP contribution in [0.15, 0.2) is 35.0 Å². The van der Waals surface area contributed by atoms with Crippen molar-refractivity contribution in [2.75, 3.05) is 17.2 Å². The zero-order valence-electron chi connectivity index (χ0n) is 11.9. The average Bonchev–Trinajstić information content (AvgIpc) is 2.99. The molecule has 2 N–H and O–H groups in total. The van der Waals surface area contributed by atoms with Crippen molar-refractivity contribution in [3.05, 3.63) is 50.7 Å². The van der Waals surface area contributed by atoms with E-state index in [4.69, 9.17) is 4.74 Å². The Kier molecular flexibility index (Phi) is 5.31. The molecule has 116 valence electrons. The quantitative estimate of drug-likeness (QED) is 0.623. The fourth-order valence-electron chi connectivity index (χ4n) is 1.77. The summed E-state index contributed by atoms with van der Waals surface area (Å²) < 4.78 is 4.72. The van der Waals surface area contributed by atoms with E-state index in [0.717, 1.165) is 5.56 Å². The van der Waals surface area contributed by atoms with Crippen LogP contribution in [0.1, 0.15) is 12.5 Å². The van der Waals surface area contributed by atoms with Crippen LogP contribution in [0.2, 0.25) is 0 Å². The molecule has 7 nitrogen and oxygen atoms in total. The number of ether oxygens (including phenoxy) is 1. The number of nitro groups is 1. The third-order valence-electron chi connectivity index (χ3n) is 2.78. The SMILES string of the molecule is CCOC(=O)Nc1ccc(NCc2ccsc2)cc1[N+](=O)[O-]. The van der Waals surface area contributed by atoms with E-state index in [0.29, 0.717) is 12.2 Å². The highest BCUT2D eigenvalue weighted by Crippen LogP contribution is 2.28. The third-order valence-corrected chi connectivity index (χ3v) is 3.52. The minimum atomic E-state index is -0.718. The van der Waals surface area contributed by atoms with Crippen LogP contribution in [0.4, 0.5) is 21.9 Å². The van der Waals surface area contributed by atoms with Crippen molar-refractivity contribution in [3.63, 3.8) is 0 Å². The van der Waals surface area contributed by atoms with E-state index in [1.165, 1.54) is 12.1 Å². The average molecular weight is 321 g/mol. The van der Waals surface area contributed by atoms with Crippen LogP contribution in [0, 0.1) is 10.1 Å². The Morgan fingerprint density at radius 1 is 1.41 bits per heavy atom. The van der Waals surface area contributed by atoms with Crippen molar-refractivity contribution in [1.29, 1.82) is 0 Å². The third kappa shape index (κ3) is 4.19. The summed E-state index contributed by atoms with van der Waals surface area (Å²) in [6, 6.07) is 6.50. The van der Waals surface area contributed by atoms with Gasteiger partial charge in [0.25, 0.3) is 5.69 Å². The largest absolute Gasteiger partial charge is 0.450 e. The smallest absolute Gasteiger partial charge is 0.411 e. The van der Waals surface area contributed by atoms with Gasteiger partial charge in [-0.1, -0.05) is 0 Å². The van der Waals surface area contributed by atoms with Crippen molar-refractivity contribution in [2.45, 2.75) is 13.5 Å². The number of benzene rings is 1. The van der Waals surface area contributed by atoms with E-state index < -0.39 is 11.0 Å². The molecule has 0 unspecified atom stereocenters. The second-order valence-electron chi connectivity index (χ2n) is 4.32. The lowest BCUT2D eigenvalue weighted by Gasteiger charge is -2.09. The second kappa shape index (κ2) is 7.41. The summed E-state index contributed by atoms with van der Waals surface area (Å²) in [4.78, 5) is 22.0. The van der Waals surface area contributed by atoms with E-state index in [-0.39, 0.29) is 18.0 Å². The topological polar surface area (TPSA) is 93.5 Å². The fraction of sp³-hybridized carbons (Fsp3) is 0.214. The zero-order valence-corrected chi connectivity index (χ0v) is 12.7. The molecule has 0 aliphatic carbocycles. The molecule has 0 radical (unpaired) electrons. The molecular weight excluding hydrogens is 306 g/mol. The normalized spacial score (nSPS) is 10.0. The molecule has 2 aromatic rings. The number of hydrogen-bond acceptors (Lipinski definition) is 6. The number of thiophene rings is 1. The van der Waals surface area contributed by atoms with E-state index in [9.17, 15) is 14.9 Å². The molecule has 22 heavy (non-hydrogen) atoms. The minimum absolute atomic E-state index is 0.101. The van der Waals surface area contributed by atoms with Gasteiger partial charge >= 0.3 is 6.09 Å². The molecule has 0 atom stereocenters. The van der Waals surface area contributed by atoms with Gasteiger partial charge in [0.2, 0.25) is 0 Å². The number of carbonyl (C=O) groups is 1. The molecule has 0 fully saturated rings. The first kappa shape index (κ1) is 15.8. The van der Waals surface area contributed by atoms with Crippen LogP contribution in [-0.2, 0) is 11.3 Å². The Bertz CT molecular complexity index is 658. The number of anilines is 2. The molecule has 1 aromatic carbocycles. The number of nitrogens with one attached hydrogen (secondary N) is 2. The number of nitrogens with zero attached hydrogens (tertiary/aromatic N) is 1. The first-order valence-corrected chi connectivity index (χ1v) is 7.51. The van der Waals surface area contributed by atoms with Crippen molar-refractivity contribution in [2.24, 2.45) is 0 Å². The Labute approximate surface area is 131 Å². The van der Waals surface area contributed by atoms with Gasteiger partial charge in [0.15, 0.2) is 0 Å². The van der Waals surface area contributed by atoms with Gasteiger partial charge in [-0.2, -0.15) is 11.3 Å². The summed E-state index contributed by atoms with van der Waals surface area (Å²) in [6.45, 7) is 2.43. The Morgan fingerprint density at radius 2 is 2.23 bits per heavy atom. The Hall–Kier alpha value is -2.61. The van der Waals surface area contributed by atoms with Gasteiger partial charge in [0.05, 0.1) is 11.5 Å². The number of nitro benzene ring substituents is 1. The molecule has 0 bridgehead atoms. The lowest BCUT2D eigenvalue weighted by molar-refractivity contribution is -0.383. The fourth-order valence-corrected chi connectivity index (χ4v) is 2.44. The molecule has 0 saturated heterocycles. The molecule has 8 heteroatoms. The highest BCUT2D eigenvalue weighted by Gasteiger charge is 2.17. The predicted molar refractivity (Wildman–Crippen MR) is 85.4 cm³/mol. The molecule has 1 amide bonds. The van der Waals surface area contributed by atoms with Gasteiger partial charge in [-0.05, 0) is 41.4 Å². The molecule has 1 heterocycles. The minimum Gasteiger partial charge on any atom is -0.450 e. The van der Waals surface area contributed by atoms with Crippen LogP contribution < -0.4 is 10.6 Å². The van der Waals surface area contributed by atoms with E-state index in [1.54, 1.807) is 24.3 Å². The van der Waals surface area contributed by atoms with Crippen molar-refractivity contribution in [3.8, 4) is 0 Å². The maximum Gasteiger partial charge on any atom is 0.411 e. The van der Waals surface area contributed by atoms with Crippen molar-refractivity contribution >= 4 is 34.5 Å². The van der Waals surface area contributed by atoms with E-state index in [2.05, 4.69) is 10.6 Å². The van der Waals surface area contributed by atoms with Crippen LogP contribution in [-0.4, -0.2) is 17.6 Å². The van der Waals surface area contributed by atoms with Gasteiger partial charge in [0.1, 0.15) is 5.69 Å². The Morgan fingerprint density at radius 3 is 2.86 bits per heavy atom. The van der Waals surface area contributed by atoms with Gasteiger partial charge < -0.3 is 10.1 Å². The predicted octanol–water partition coefficient (Wildman–Crippen LogP) is 3.84. The molecule has 0 saturated carbocycles. The highest BCUT2D eigenvalue weighted by molar-refractivity contribution is 7.07. The van der Waals surface area contributed by atoms with Crippen LogP contribution in [0.5, 0.6) is 0 Å². The van der Waals surface area contributed by atoms with Crippen LogP contribution in [0.25, 0.3) is 0 Å². The summed E-state index contributed by atoms with van der Waals surface area (Å²) in [6.07, 6.45) is -0.718. The van der Waals surface area contributed by atoms with E-state index >= 15 is 0 Å². The number of rotatable bonds is 6. The zero-order chi connectivity index (χ0) is 15.9. The van der Waals surface area contributed by atoms with Crippen LogP contribution in [0.3, 0.4) is 0 Å². The molecule has 2 rings (SSSR count).